The number of hydrogen-bond donors (Lipinski definition) is 0. The van der Waals surface area contributed by atoms with Gasteiger partial charge < -0.3 is 9.64 Å². The summed E-state index contributed by atoms with van der Waals surface area (Å²) < 4.78 is 5.80. The van der Waals surface area contributed by atoms with E-state index in [4.69, 9.17) is 4.74 Å². The molecule has 0 unspecified atom stereocenters. The van der Waals surface area contributed by atoms with Gasteiger partial charge in [-0.2, -0.15) is 0 Å². The highest BCUT2D eigenvalue weighted by Crippen LogP contribution is 2.34. The van der Waals surface area contributed by atoms with Crippen LogP contribution in [0.25, 0.3) is 0 Å². The van der Waals surface area contributed by atoms with Crippen molar-refractivity contribution in [2.75, 3.05) is 18.1 Å². The van der Waals surface area contributed by atoms with Crippen LogP contribution in [0.15, 0.2) is 12.3 Å². The van der Waals surface area contributed by atoms with Gasteiger partial charge >= 0.3 is 0 Å². The summed E-state index contributed by atoms with van der Waals surface area (Å²) in [5.74, 6) is 2.14. The second-order valence-corrected chi connectivity index (χ2v) is 5.16. The first-order valence-corrected chi connectivity index (χ1v) is 6.21. The predicted octanol–water partition coefficient (Wildman–Crippen LogP) is -0.567. The van der Waals surface area contributed by atoms with E-state index in [9.17, 15) is 0 Å². The molecule has 3 heterocycles. The van der Waals surface area contributed by atoms with Gasteiger partial charge in [0, 0.05) is 23.0 Å². The van der Waals surface area contributed by atoms with Crippen molar-refractivity contribution in [1.82, 2.24) is 4.98 Å². The van der Waals surface area contributed by atoms with Crippen LogP contribution in [-0.4, -0.2) is 34.4 Å². The van der Waals surface area contributed by atoms with Gasteiger partial charge in [0.15, 0.2) is 11.6 Å². The Bertz CT molecular complexity index is 369. The molecule has 3 nitrogen and oxygen atoms in total. The molecular weight excluding hydrogens is 192 g/mol. The Kier molecular flexibility index (Phi) is 1.77. The standard InChI is InChI=1S/C10H14N2OSi/c14-8-3-4-11-10-9(8)13-6-7-2-1-5-12(7)10/h3-4,7H,1-2,5-6H2,14H3/t7-/m0/s1. The van der Waals surface area contributed by atoms with Gasteiger partial charge in [0.1, 0.15) is 6.61 Å². The van der Waals surface area contributed by atoms with Crippen molar-refractivity contribution in [3.8, 4) is 5.75 Å². The average Bonchev–Trinajstić information content (AvgIpc) is 2.66. The molecule has 1 aromatic rings. The molecule has 2 aliphatic rings. The topological polar surface area (TPSA) is 25.4 Å². The molecular formula is C10H14N2OSi. The van der Waals surface area contributed by atoms with Crippen LogP contribution in [0, 0.1) is 0 Å². The van der Waals surface area contributed by atoms with Gasteiger partial charge in [-0.1, -0.05) is 0 Å². The minimum absolute atomic E-state index is 0.582. The summed E-state index contributed by atoms with van der Waals surface area (Å²) in [6.45, 7) is 2.01. The maximum absolute atomic E-state index is 5.80. The number of pyridine rings is 1. The fraction of sp³-hybridized carbons (Fsp3) is 0.500. The van der Waals surface area contributed by atoms with Crippen molar-refractivity contribution < 1.29 is 4.74 Å². The maximum atomic E-state index is 5.80. The monoisotopic (exact) mass is 206 g/mol. The first kappa shape index (κ1) is 8.29. The lowest BCUT2D eigenvalue weighted by Gasteiger charge is -2.32. The van der Waals surface area contributed by atoms with Crippen LogP contribution < -0.4 is 14.8 Å². The van der Waals surface area contributed by atoms with E-state index in [2.05, 4.69) is 16.0 Å². The Balaban J connectivity index is 2.09. The van der Waals surface area contributed by atoms with E-state index in [-0.39, 0.29) is 0 Å². The second kappa shape index (κ2) is 2.98. The van der Waals surface area contributed by atoms with Crippen LogP contribution in [0.2, 0.25) is 0 Å². The zero-order valence-electron chi connectivity index (χ0n) is 8.36. The maximum Gasteiger partial charge on any atom is 0.171 e. The Hall–Kier alpha value is -1.03. The van der Waals surface area contributed by atoms with Gasteiger partial charge in [-0.15, -0.1) is 0 Å². The highest BCUT2D eigenvalue weighted by Gasteiger charge is 2.32. The fourth-order valence-corrected chi connectivity index (χ4v) is 2.90. The molecule has 1 atom stereocenters. The number of fused-ring (bicyclic) bond motifs is 3. The van der Waals surface area contributed by atoms with Gasteiger partial charge in [0.05, 0.1) is 6.04 Å². The lowest BCUT2D eigenvalue weighted by molar-refractivity contribution is 0.272. The van der Waals surface area contributed by atoms with E-state index < -0.39 is 0 Å². The summed E-state index contributed by atoms with van der Waals surface area (Å²) in [4.78, 5) is 6.86. The minimum Gasteiger partial charge on any atom is -0.488 e. The zero-order valence-corrected chi connectivity index (χ0v) is 10.4. The minimum atomic E-state index is 0.582. The number of ether oxygens (including phenoxy) is 1. The van der Waals surface area contributed by atoms with Gasteiger partial charge in [0.25, 0.3) is 0 Å². The highest BCUT2D eigenvalue weighted by atomic mass is 28.1. The molecule has 0 amide bonds. The molecule has 0 aliphatic carbocycles. The van der Waals surface area contributed by atoms with Crippen LogP contribution in [0.1, 0.15) is 12.8 Å². The Morgan fingerprint density at radius 3 is 3.43 bits per heavy atom. The Labute approximate surface area is 86.5 Å². The molecule has 4 heteroatoms. The van der Waals surface area contributed by atoms with Gasteiger partial charge in [0.2, 0.25) is 0 Å². The fourth-order valence-electron chi connectivity index (χ4n) is 2.38. The van der Waals surface area contributed by atoms with E-state index in [1.165, 1.54) is 18.0 Å². The average molecular weight is 206 g/mol. The SMILES string of the molecule is [SiH3]c1ccnc2c1OC[C@@H]1CCCN21. The summed E-state index contributed by atoms with van der Waals surface area (Å²) >= 11 is 0. The van der Waals surface area contributed by atoms with E-state index >= 15 is 0 Å². The second-order valence-electron chi connectivity index (χ2n) is 4.08. The van der Waals surface area contributed by atoms with E-state index in [1.54, 1.807) is 0 Å². The number of rotatable bonds is 0. The van der Waals surface area contributed by atoms with Crippen LogP contribution in [0.3, 0.4) is 0 Å². The van der Waals surface area contributed by atoms with Crippen molar-refractivity contribution in [2.24, 2.45) is 0 Å². The first-order chi connectivity index (χ1) is 6.86. The third-order valence-electron chi connectivity index (χ3n) is 3.15. The lowest BCUT2D eigenvalue weighted by Crippen LogP contribution is -2.40. The van der Waals surface area contributed by atoms with Gasteiger partial charge in [-0.3, -0.25) is 0 Å². The van der Waals surface area contributed by atoms with Crippen LogP contribution in [0.5, 0.6) is 5.75 Å². The molecule has 1 fully saturated rings. The summed E-state index contributed by atoms with van der Waals surface area (Å²) in [5.41, 5.74) is 0. The molecule has 0 N–H and O–H groups in total. The van der Waals surface area contributed by atoms with Gasteiger partial charge in [-0.25, -0.2) is 4.98 Å². The molecule has 74 valence electrons. The van der Waals surface area contributed by atoms with E-state index in [0.717, 1.165) is 35.0 Å². The molecule has 2 aliphatic heterocycles. The number of nitrogens with zero attached hydrogens (tertiary/aromatic N) is 2. The van der Waals surface area contributed by atoms with Crippen LogP contribution >= 0.6 is 0 Å². The largest absolute Gasteiger partial charge is 0.488 e. The smallest absolute Gasteiger partial charge is 0.171 e. The molecule has 0 bridgehead atoms. The predicted molar refractivity (Wildman–Crippen MR) is 59.7 cm³/mol. The van der Waals surface area contributed by atoms with Crippen molar-refractivity contribution in [3.63, 3.8) is 0 Å². The number of hydrogen-bond acceptors (Lipinski definition) is 3. The molecule has 0 saturated carbocycles. The molecule has 0 radical (unpaired) electrons. The number of anilines is 1. The molecule has 3 rings (SSSR count). The van der Waals surface area contributed by atoms with Crippen molar-refractivity contribution in [1.29, 1.82) is 0 Å². The molecule has 14 heavy (non-hydrogen) atoms. The lowest BCUT2D eigenvalue weighted by atomic mass is 10.2. The van der Waals surface area contributed by atoms with Crippen LogP contribution in [0.4, 0.5) is 5.82 Å². The third-order valence-corrected chi connectivity index (χ3v) is 3.94. The quantitative estimate of drug-likeness (QED) is 0.532. The summed E-state index contributed by atoms with van der Waals surface area (Å²) in [6, 6.07) is 2.65. The summed E-state index contributed by atoms with van der Waals surface area (Å²) in [5, 5.41) is 1.33. The van der Waals surface area contributed by atoms with Gasteiger partial charge in [-0.05, 0) is 24.1 Å². The molecule has 1 aromatic heterocycles. The molecule has 0 spiro atoms. The van der Waals surface area contributed by atoms with Crippen molar-refractivity contribution >= 4 is 21.2 Å². The zero-order chi connectivity index (χ0) is 9.54. The third kappa shape index (κ3) is 1.07. The van der Waals surface area contributed by atoms with Crippen LogP contribution in [-0.2, 0) is 0 Å². The molecule has 0 aromatic carbocycles. The van der Waals surface area contributed by atoms with Crippen molar-refractivity contribution in [3.05, 3.63) is 12.3 Å². The summed E-state index contributed by atoms with van der Waals surface area (Å²) in [7, 11) is 1.04. The Morgan fingerprint density at radius 1 is 1.57 bits per heavy atom. The summed E-state index contributed by atoms with van der Waals surface area (Å²) in [6.07, 6.45) is 4.44. The Morgan fingerprint density at radius 2 is 2.50 bits per heavy atom. The van der Waals surface area contributed by atoms with E-state index in [0.29, 0.717) is 6.04 Å². The molecule has 1 saturated heterocycles. The normalized spacial score (nSPS) is 24.3. The van der Waals surface area contributed by atoms with Crippen molar-refractivity contribution in [2.45, 2.75) is 18.9 Å². The first-order valence-electron chi connectivity index (χ1n) is 5.21. The highest BCUT2D eigenvalue weighted by molar-refractivity contribution is 6.34. The van der Waals surface area contributed by atoms with E-state index in [1.807, 2.05) is 6.20 Å². The number of aromatic nitrogens is 1.